The van der Waals surface area contributed by atoms with Gasteiger partial charge in [0.05, 0.1) is 28.1 Å². The number of halogens is 1. The van der Waals surface area contributed by atoms with E-state index in [1.54, 1.807) is 42.5 Å². The second-order valence-corrected chi connectivity index (χ2v) is 11.4. The Labute approximate surface area is 228 Å². The van der Waals surface area contributed by atoms with Crippen LogP contribution in [0.25, 0.3) is 22.3 Å². The quantitative estimate of drug-likeness (QED) is 0.218. The van der Waals surface area contributed by atoms with Gasteiger partial charge in [-0.15, -0.1) is 0 Å². The second kappa shape index (κ2) is 9.72. The maximum Gasteiger partial charge on any atom is 0.287 e. The molecule has 198 valence electrons. The topological polar surface area (TPSA) is 147 Å². The van der Waals surface area contributed by atoms with E-state index in [0.717, 1.165) is 29.5 Å². The number of carbonyl (C=O) groups excluding carboxylic acids is 1. The molecule has 1 aliphatic carbocycles. The predicted molar refractivity (Wildman–Crippen MR) is 147 cm³/mol. The van der Waals surface area contributed by atoms with Gasteiger partial charge < -0.3 is 9.73 Å². The predicted octanol–water partition coefficient (Wildman–Crippen LogP) is 5.87. The minimum atomic E-state index is -3.99. The summed E-state index contributed by atoms with van der Waals surface area (Å²) in [7, 11) is -2.48. The number of nitro groups is 1. The Hall–Kier alpha value is -4.40. The van der Waals surface area contributed by atoms with Crippen LogP contribution in [0.5, 0.6) is 0 Å². The third kappa shape index (κ3) is 4.80. The summed E-state index contributed by atoms with van der Waals surface area (Å²) in [6.45, 7) is 0. The zero-order valence-electron chi connectivity index (χ0n) is 20.8. The summed E-state index contributed by atoms with van der Waals surface area (Å²) in [5.41, 5.74) is 1.51. The van der Waals surface area contributed by atoms with Crippen molar-refractivity contribution in [1.29, 1.82) is 5.26 Å². The summed E-state index contributed by atoms with van der Waals surface area (Å²) in [4.78, 5) is 23.7. The lowest BCUT2D eigenvalue weighted by Crippen LogP contribution is -2.26. The lowest BCUT2D eigenvalue weighted by molar-refractivity contribution is -0.385. The molecule has 0 spiro atoms. The van der Waals surface area contributed by atoms with Crippen LogP contribution in [0, 0.1) is 21.4 Å². The molecule has 0 saturated heterocycles. The molecule has 1 fully saturated rings. The van der Waals surface area contributed by atoms with E-state index in [2.05, 4.69) is 5.32 Å². The number of fused-ring (bicyclic) bond motifs is 1. The number of furan rings is 1. The largest absolute Gasteiger partial charge is 0.455 e. The van der Waals surface area contributed by atoms with E-state index in [1.165, 1.54) is 19.2 Å². The second-order valence-electron chi connectivity index (χ2n) is 9.17. The van der Waals surface area contributed by atoms with Gasteiger partial charge in [-0.05, 0) is 66.8 Å². The van der Waals surface area contributed by atoms with Crippen LogP contribution in [-0.2, 0) is 10.0 Å². The Morgan fingerprint density at radius 3 is 2.44 bits per heavy atom. The SMILES string of the molecule is CNC(=O)c1c(-c2ccc(Cl)cc2)oc2cc(N(c3ccc([N+](=O)[O-])c(C#N)c3)S(C)(=O)=O)c(C3CC3)cc12. The van der Waals surface area contributed by atoms with Crippen molar-refractivity contribution in [3.8, 4) is 17.4 Å². The Bertz CT molecular complexity index is 1800. The first-order valence-electron chi connectivity index (χ1n) is 11.8. The summed E-state index contributed by atoms with van der Waals surface area (Å²) < 4.78 is 33.5. The van der Waals surface area contributed by atoms with Crippen molar-refractivity contribution in [3.05, 3.63) is 86.4 Å². The number of carbonyl (C=O) groups is 1. The average Bonchev–Trinajstić information content (AvgIpc) is 3.67. The minimum Gasteiger partial charge on any atom is -0.455 e. The number of nitrogens with one attached hydrogen (secondary N) is 1. The van der Waals surface area contributed by atoms with Crippen molar-refractivity contribution < 1.29 is 22.6 Å². The number of amides is 1. The van der Waals surface area contributed by atoms with Gasteiger partial charge in [-0.25, -0.2) is 12.7 Å². The molecular formula is C27H21ClN4O6S. The van der Waals surface area contributed by atoms with Crippen LogP contribution in [0.4, 0.5) is 17.1 Å². The minimum absolute atomic E-state index is 0.0357. The number of anilines is 2. The van der Waals surface area contributed by atoms with Crippen molar-refractivity contribution in [1.82, 2.24) is 5.32 Å². The summed E-state index contributed by atoms with van der Waals surface area (Å²) >= 11 is 6.05. The van der Waals surface area contributed by atoms with E-state index >= 15 is 0 Å². The van der Waals surface area contributed by atoms with Crippen LogP contribution in [0.15, 0.2) is 59.0 Å². The van der Waals surface area contributed by atoms with E-state index in [4.69, 9.17) is 16.0 Å². The number of sulfonamides is 1. The standard InChI is InChI=1S/C27H21ClN4O6S/c1-30-27(33)25-21-12-20(15-3-4-15)23(13-24(21)38-26(25)16-5-7-18(28)8-6-16)31(39(2,36)37)19-9-10-22(32(34)35)17(11-19)14-29/h5-13,15H,3-4H2,1-2H3,(H,30,33). The monoisotopic (exact) mass is 564 g/mol. The first kappa shape index (κ1) is 26.2. The third-order valence-electron chi connectivity index (χ3n) is 6.50. The molecule has 1 saturated carbocycles. The Kier molecular flexibility index (Phi) is 6.54. The molecule has 0 atom stereocenters. The highest BCUT2D eigenvalue weighted by Crippen LogP contribution is 2.49. The molecule has 12 heteroatoms. The summed E-state index contributed by atoms with van der Waals surface area (Å²) in [6, 6.07) is 15.5. The Balaban J connectivity index is 1.79. The molecule has 3 aromatic carbocycles. The number of nitrogens with zero attached hydrogens (tertiary/aromatic N) is 3. The van der Waals surface area contributed by atoms with Gasteiger partial charge in [-0.3, -0.25) is 14.9 Å². The molecule has 1 N–H and O–H groups in total. The van der Waals surface area contributed by atoms with Crippen molar-refractivity contribution in [3.63, 3.8) is 0 Å². The average molecular weight is 565 g/mol. The fourth-order valence-corrected chi connectivity index (χ4v) is 5.75. The van der Waals surface area contributed by atoms with E-state index in [1.807, 2.05) is 0 Å². The third-order valence-corrected chi connectivity index (χ3v) is 7.82. The molecule has 1 aliphatic rings. The first-order valence-corrected chi connectivity index (χ1v) is 14.0. The van der Waals surface area contributed by atoms with E-state index in [-0.39, 0.29) is 34.3 Å². The van der Waals surface area contributed by atoms with E-state index in [0.29, 0.717) is 32.9 Å². The Morgan fingerprint density at radius 1 is 1.18 bits per heavy atom. The maximum atomic E-state index is 13.2. The van der Waals surface area contributed by atoms with Crippen LogP contribution in [0.1, 0.15) is 40.2 Å². The molecule has 5 rings (SSSR count). The number of hydrogen-bond donors (Lipinski definition) is 1. The van der Waals surface area contributed by atoms with Gasteiger partial charge >= 0.3 is 0 Å². The van der Waals surface area contributed by atoms with Gasteiger partial charge in [0.2, 0.25) is 10.0 Å². The Morgan fingerprint density at radius 2 is 1.87 bits per heavy atom. The normalized spacial score (nSPS) is 13.2. The molecule has 1 heterocycles. The van der Waals surface area contributed by atoms with Crippen LogP contribution in [-0.4, -0.2) is 32.6 Å². The number of nitro benzene ring substituents is 1. The summed E-state index contributed by atoms with van der Waals surface area (Å²) in [6.07, 6.45) is 2.65. The zero-order valence-corrected chi connectivity index (χ0v) is 22.3. The fourth-order valence-electron chi connectivity index (χ4n) is 4.61. The van der Waals surface area contributed by atoms with Gasteiger partial charge in [0.1, 0.15) is 23.0 Å². The lowest BCUT2D eigenvalue weighted by Gasteiger charge is -2.25. The van der Waals surface area contributed by atoms with Crippen molar-refractivity contribution in [2.45, 2.75) is 18.8 Å². The van der Waals surface area contributed by atoms with Gasteiger partial charge in [0, 0.05) is 35.2 Å². The zero-order chi connectivity index (χ0) is 28.1. The summed E-state index contributed by atoms with van der Waals surface area (Å²) in [5.74, 6) is -0.0383. The van der Waals surface area contributed by atoms with Crippen molar-refractivity contribution in [2.75, 3.05) is 17.6 Å². The van der Waals surface area contributed by atoms with Crippen LogP contribution < -0.4 is 9.62 Å². The van der Waals surface area contributed by atoms with Crippen molar-refractivity contribution in [2.24, 2.45) is 0 Å². The van der Waals surface area contributed by atoms with E-state index < -0.39 is 20.6 Å². The van der Waals surface area contributed by atoms with Crippen LogP contribution >= 0.6 is 11.6 Å². The number of benzene rings is 3. The lowest BCUT2D eigenvalue weighted by atomic mass is 10.00. The highest BCUT2D eigenvalue weighted by molar-refractivity contribution is 7.92. The number of nitriles is 1. The molecule has 1 amide bonds. The molecule has 4 aromatic rings. The molecule has 0 unspecified atom stereocenters. The molecule has 39 heavy (non-hydrogen) atoms. The van der Waals surface area contributed by atoms with Crippen molar-refractivity contribution >= 4 is 55.6 Å². The highest BCUT2D eigenvalue weighted by Gasteiger charge is 2.34. The molecule has 0 aliphatic heterocycles. The molecule has 0 radical (unpaired) electrons. The highest BCUT2D eigenvalue weighted by atomic mass is 35.5. The molecule has 10 nitrogen and oxygen atoms in total. The molecular weight excluding hydrogens is 544 g/mol. The smallest absolute Gasteiger partial charge is 0.287 e. The number of hydrogen-bond acceptors (Lipinski definition) is 7. The van der Waals surface area contributed by atoms with Crippen LogP contribution in [0.3, 0.4) is 0 Å². The fraction of sp³-hybridized carbons (Fsp3) is 0.185. The van der Waals surface area contributed by atoms with Gasteiger partial charge in [0.25, 0.3) is 11.6 Å². The van der Waals surface area contributed by atoms with Gasteiger partial charge in [-0.1, -0.05) is 11.6 Å². The maximum absolute atomic E-state index is 13.2. The van der Waals surface area contributed by atoms with E-state index in [9.17, 15) is 28.6 Å². The van der Waals surface area contributed by atoms with Gasteiger partial charge in [0.15, 0.2) is 0 Å². The van der Waals surface area contributed by atoms with Gasteiger partial charge in [-0.2, -0.15) is 5.26 Å². The molecule has 0 bridgehead atoms. The first-order chi connectivity index (χ1) is 18.5. The van der Waals surface area contributed by atoms with Crippen LogP contribution in [0.2, 0.25) is 5.02 Å². The molecule has 1 aromatic heterocycles. The summed E-state index contributed by atoms with van der Waals surface area (Å²) in [5, 5.41) is 24.5. The number of rotatable bonds is 7.